The molecule has 1 fully saturated rings. The van der Waals surface area contributed by atoms with E-state index in [1.807, 2.05) is 13.8 Å². The summed E-state index contributed by atoms with van der Waals surface area (Å²) in [4.78, 5) is 4.01. The minimum atomic E-state index is -0.681. The molecule has 1 aromatic heterocycles. The average molecular weight is 299 g/mol. The van der Waals surface area contributed by atoms with Gasteiger partial charge < -0.3 is 15.4 Å². The molecule has 21 heavy (non-hydrogen) atoms. The normalized spacial score (nSPS) is 23.5. The first-order valence-electron chi connectivity index (χ1n) is 7.38. The molecule has 2 unspecified atom stereocenters. The number of pyridine rings is 1. The summed E-state index contributed by atoms with van der Waals surface area (Å²) < 4.78 is 33.1. The van der Waals surface area contributed by atoms with E-state index in [-0.39, 0.29) is 29.2 Å². The maximum absolute atomic E-state index is 13.9. The Hall–Kier alpha value is -1.43. The number of hydrogen-bond acceptors (Lipinski definition) is 4. The Morgan fingerprint density at radius 2 is 1.95 bits per heavy atom. The van der Waals surface area contributed by atoms with Crippen molar-refractivity contribution in [1.82, 2.24) is 4.98 Å². The van der Waals surface area contributed by atoms with Crippen molar-refractivity contribution in [2.45, 2.75) is 46.3 Å². The van der Waals surface area contributed by atoms with Crippen LogP contribution in [0.1, 0.15) is 34.1 Å². The lowest BCUT2D eigenvalue weighted by molar-refractivity contribution is -0.0977. The van der Waals surface area contributed by atoms with E-state index in [1.165, 1.54) is 0 Å². The van der Waals surface area contributed by atoms with E-state index in [9.17, 15) is 8.78 Å². The lowest BCUT2D eigenvalue weighted by Crippen LogP contribution is -2.58. The zero-order valence-corrected chi connectivity index (χ0v) is 13.0. The molecule has 1 heterocycles. The molecule has 1 aliphatic carbocycles. The van der Waals surface area contributed by atoms with Crippen LogP contribution in [-0.4, -0.2) is 30.3 Å². The summed E-state index contributed by atoms with van der Waals surface area (Å²) in [5.41, 5.74) is -0.114. The molecule has 1 aromatic rings. The van der Waals surface area contributed by atoms with Crippen molar-refractivity contribution in [3.05, 3.63) is 17.7 Å². The topological polar surface area (TPSA) is 46.2 Å². The zero-order valence-electron chi connectivity index (χ0n) is 13.0. The number of hydrogen-bond donors (Lipinski definition) is 2. The molecule has 0 bridgehead atoms. The first-order chi connectivity index (χ1) is 9.90. The number of nitrogens with one attached hydrogen (secondary N) is 2. The van der Waals surface area contributed by atoms with E-state index < -0.39 is 11.6 Å². The maximum Gasteiger partial charge on any atom is 0.168 e. The van der Waals surface area contributed by atoms with Crippen molar-refractivity contribution in [3.8, 4) is 0 Å². The van der Waals surface area contributed by atoms with Crippen LogP contribution in [0.25, 0.3) is 0 Å². The van der Waals surface area contributed by atoms with Crippen LogP contribution in [0.2, 0.25) is 0 Å². The number of anilines is 2. The minimum Gasteiger partial charge on any atom is -0.378 e. The van der Waals surface area contributed by atoms with Gasteiger partial charge in [0.25, 0.3) is 0 Å². The van der Waals surface area contributed by atoms with Crippen LogP contribution in [0, 0.1) is 17.0 Å². The molecule has 0 aliphatic heterocycles. The van der Waals surface area contributed by atoms with Crippen LogP contribution in [-0.2, 0) is 4.74 Å². The van der Waals surface area contributed by atoms with Gasteiger partial charge in [-0.3, -0.25) is 0 Å². The molecular weight excluding hydrogens is 276 g/mol. The van der Waals surface area contributed by atoms with Crippen molar-refractivity contribution in [3.63, 3.8) is 0 Å². The molecule has 4 nitrogen and oxygen atoms in total. The summed E-state index contributed by atoms with van der Waals surface area (Å²) in [6.45, 7) is 9.12. The Bertz CT molecular complexity index is 508. The molecule has 0 radical (unpaired) electrons. The standard InChI is InChI=1S/C15H23F2N3O/c1-5-18-13-9(16)7-10(17)14(20-13)19-11-8-12(21-6-2)15(11,3)4/h7,11-12H,5-6,8H2,1-4H3,(H2,18,19,20). The third-order valence-electron chi connectivity index (χ3n) is 4.13. The Morgan fingerprint density at radius 3 is 2.52 bits per heavy atom. The molecule has 118 valence electrons. The Kier molecular flexibility index (Phi) is 4.66. The van der Waals surface area contributed by atoms with Crippen molar-refractivity contribution in [2.24, 2.45) is 5.41 Å². The number of rotatable bonds is 6. The van der Waals surface area contributed by atoms with Crippen LogP contribution in [0.3, 0.4) is 0 Å². The second kappa shape index (κ2) is 6.13. The van der Waals surface area contributed by atoms with Gasteiger partial charge in [0.1, 0.15) is 0 Å². The molecule has 2 N–H and O–H groups in total. The third-order valence-corrected chi connectivity index (χ3v) is 4.13. The van der Waals surface area contributed by atoms with Gasteiger partial charge in [-0.25, -0.2) is 13.8 Å². The Morgan fingerprint density at radius 1 is 1.29 bits per heavy atom. The van der Waals surface area contributed by atoms with Crippen molar-refractivity contribution in [2.75, 3.05) is 23.8 Å². The number of nitrogens with zero attached hydrogens (tertiary/aromatic N) is 1. The molecule has 2 rings (SSSR count). The lowest BCUT2D eigenvalue weighted by Gasteiger charge is -2.51. The van der Waals surface area contributed by atoms with Crippen molar-refractivity contribution in [1.29, 1.82) is 0 Å². The lowest BCUT2D eigenvalue weighted by atomic mass is 9.64. The fourth-order valence-electron chi connectivity index (χ4n) is 2.64. The summed E-state index contributed by atoms with van der Waals surface area (Å²) in [6, 6.07) is 0.912. The SMILES string of the molecule is CCNc1nc(NC2CC(OCC)C2(C)C)c(F)cc1F. The first-order valence-corrected chi connectivity index (χ1v) is 7.38. The molecule has 0 saturated heterocycles. The third kappa shape index (κ3) is 3.10. The molecule has 0 amide bonds. The van der Waals surface area contributed by atoms with Gasteiger partial charge in [-0.15, -0.1) is 0 Å². The van der Waals surface area contributed by atoms with Crippen LogP contribution >= 0.6 is 0 Å². The van der Waals surface area contributed by atoms with Crippen LogP contribution in [0.4, 0.5) is 20.4 Å². The Balaban J connectivity index is 2.12. The molecule has 2 atom stereocenters. The molecule has 1 saturated carbocycles. The fraction of sp³-hybridized carbons (Fsp3) is 0.667. The van der Waals surface area contributed by atoms with E-state index in [0.29, 0.717) is 13.2 Å². The van der Waals surface area contributed by atoms with Crippen LogP contribution < -0.4 is 10.6 Å². The predicted octanol–water partition coefficient (Wildman–Crippen LogP) is 3.41. The second-order valence-corrected chi connectivity index (χ2v) is 5.88. The van der Waals surface area contributed by atoms with Crippen LogP contribution in [0.15, 0.2) is 6.07 Å². The van der Waals surface area contributed by atoms with Gasteiger partial charge in [0.2, 0.25) is 0 Å². The van der Waals surface area contributed by atoms with Gasteiger partial charge >= 0.3 is 0 Å². The number of ether oxygens (including phenoxy) is 1. The smallest absolute Gasteiger partial charge is 0.168 e. The first kappa shape index (κ1) is 15.9. The number of aromatic nitrogens is 1. The number of halogens is 2. The second-order valence-electron chi connectivity index (χ2n) is 5.88. The molecular formula is C15H23F2N3O. The zero-order chi connectivity index (χ0) is 15.6. The molecule has 1 aliphatic rings. The highest BCUT2D eigenvalue weighted by Gasteiger charge is 2.49. The van der Waals surface area contributed by atoms with Gasteiger partial charge in [-0.2, -0.15) is 0 Å². The Labute approximate surface area is 124 Å². The highest BCUT2D eigenvalue weighted by atomic mass is 19.1. The quantitative estimate of drug-likeness (QED) is 0.845. The summed E-state index contributed by atoms with van der Waals surface area (Å²) >= 11 is 0. The van der Waals surface area contributed by atoms with E-state index in [4.69, 9.17) is 4.74 Å². The maximum atomic E-state index is 13.9. The summed E-state index contributed by atoms with van der Waals surface area (Å²) in [6.07, 6.45) is 0.937. The van der Waals surface area contributed by atoms with Gasteiger partial charge in [0.15, 0.2) is 23.3 Å². The largest absolute Gasteiger partial charge is 0.378 e. The van der Waals surface area contributed by atoms with E-state index in [0.717, 1.165) is 12.5 Å². The van der Waals surface area contributed by atoms with Gasteiger partial charge in [0, 0.05) is 30.7 Å². The highest BCUT2D eigenvalue weighted by Crippen LogP contribution is 2.44. The van der Waals surface area contributed by atoms with Gasteiger partial charge in [0.05, 0.1) is 6.10 Å². The van der Waals surface area contributed by atoms with Gasteiger partial charge in [-0.05, 0) is 20.3 Å². The monoisotopic (exact) mass is 299 g/mol. The summed E-state index contributed by atoms with van der Waals surface area (Å²) in [5.74, 6) is -1.20. The summed E-state index contributed by atoms with van der Waals surface area (Å²) in [5, 5.41) is 5.86. The van der Waals surface area contributed by atoms with Crippen molar-refractivity contribution < 1.29 is 13.5 Å². The predicted molar refractivity (Wildman–Crippen MR) is 79.5 cm³/mol. The van der Waals surface area contributed by atoms with Gasteiger partial charge in [-0.1, -0.05) is 13.8 Å². The minimum absolute atomic E-state index is 0.0518. The van der Waals surface area contributed by atoms with E-state index >= 15 is 0 Å². The van der Waals surface area contributed by atoms with E-state index in [1.54, 1.807) is 0 Å². The van der Waals surface area contributed by atoms with E-state index in [2.05, 4.69) is 29.5 Å². The molecule has 0 aromatic carbocycles. The molecule has 0 spiro atoms. The fourth-order valence-corrected chi connectivity index (χ4v) is 2.64. The van der Waals surface area contributed by atoms with Crippen molar-refractivity contribution >= 4 is 11.6 Å². The molecule has 6 heteroatoms. The van der Waals surface area contributed by atoms with Crippen LogP contribution in [0.5, 0.6) is 0 Å². The highest BCUT2D eigenvalue weighted by molar-refractivity contribution is 5.48. The average Bonchev–Trinajstić information content (AvgIpc) is 2.42. The summed E-state index contributed by atoms with van der Waals surface area (Å²) in [7, 11) is 0.